The second kappa shape index (κ2) is 5.27. The quantitative estimate of drug-likeness (QED) is 0.699. The van der Waals surface area contributed by atoms with Crippen LogP contribution in [-0.4, -0.2) is 25.2 Å². The third kappa shape index (κ3) is 2.73. The Bertz CT molecular complexity index is 448. The van der Waals surface area contributed by atoms with E-state index in [0.717, 1.165) is 25.3 Å². The Hall–Kier alpha value is -1.75. The summed E-state index contributed by atoms with van der Waals surface area (Å²) in [5.41, 5.74) is 12.9. The molecule has 0 aromatic heterocycles. The molecule has 1 aromatic carbocycles. The van der Waals surface area contributed by atoms with Gasteiger partial charge in [0.25, 0.3) is 0 Å². The highest BCUT2D eigenvalue weighted by molar-refractivity contribution is 5.94. The second-order valence-electron chi connectivity index (χ2n) is 4.67. The molecule has 0 spiro atoms. The molecule has 98 valence electrons. The van der Waals surface area contributed by atoms with Crippen LogP contribution in [0.3, 0.4) is 0 Å². The minimum absolute atomic E-state index is 0.281. The Morgan fingerprint density at radius 2 is 2.33 bits per heavy atom. The summed E-state index contributed by atoms with van der Waals surface area (Å²) < 4.78 is 5.50. The van der Waals surface area contributed by atoms with Gasteiger partial charge in [-0.2, -0.15) is 0 Å². The Balaban J connectivity index is 1.99. The van der Waals surface area contributed by atoms with E-state index in [1.807, 2.05) is 0 Å². The standard InChI is InChI=1S/C13H19N3O2/c1-8-10(4-5-18-8)7-16-12-3-2-9(13(15)17)6-11(12)14/h2-3,6,8,10,16H,4-5,7,14H2,1H3,(H2,15,17). The number of hydrogen-bond acceptors (Lipinski definition) is 4. The zero-order chi connectivity index (χ0) is 13.1. The molecule has 1 aliphatic rings. The normalized spacial score (nSPS) is 22.9. The molecule has 1 fully saturated rings. The van der Waals surface area contributed by atoms with Crippen molar-refractivity contribution in [3.05, 3.63) is 23.8 Å². The van der Waals surface area contributed by atoms with E-state index >= 15 is 0 Å². The summed E-state index contributed by atoms with van der Waals surface area (Å²) in [5.74, 6) is 0.0336. The number of hydrogen-bond donors (Lipinski definition) is 3. The minimum Gasteiger partial charge on any atom is -0.397 e. The minimum atomic E-state index is -0.467. The fraction of sp³-hybridized carbons (Fsp3) is 0.462. The lowest BCUT2D eigenvalue weighted by molar-refractivity contribution is 0.1000. The van der Waals surface area contributed by atoms with E-state index < -0.39 is 5.91 Å². The molecule has 2 rings (SSSR count). The summed E-state index contributed by atoms with van der Waals surface area (Å²) in [5, 5.41) is 3.29. The number of nitrogens with two attached hydrogens (primary N) is 2. The molecule has 1 heterocycles. The van der Waals surface area contributed by atoms with Crippen LogP contribution in [0.5, 0.6) is 0 Å². The van der Waals surface area contributed by atoms with Crippen molar-refractivity contribution in [2.75, 3.05) is 24.2 Å². The maximum atomic E-state index is 11.0. The van der Waals surface area contributed by atoms with E-state index in [9.17, 15) is 4.79 Å². The van der Waals surface area contributed by atoms with Crippen molar-refractivity contribution >= 4 is 17.3 Å². The van der Waals surface area contributed by atoms with Crippen LogP contribution in [0, 0.1) is 5.92 Å². The lowest BCUT2D eigenvalue weighted by Crippen LogP contribution is -2.21. The number of benzene rings is 1. The second-order valence-corrected chi connectivity index (χ2v) is 4.67. The first-order valence-electron chi connectivity index (χ1n) is 6.12. The van der Waals surface area contributed by atoms with Crippen LogP contribution >= 0.6 is 0 Å². The largest absolute Gasteiger partial charge is 0.397 e. The number of ether oxygens (including phenoxy) is 1. The highest BCUT2D eigenvalue weighted by Crippen LogP contribution is 2.24. The van der Waals surface area contributed by atoms with Gasteiger partial charge in [0, 0.05) is 24.6 Å². The van der Waals surface area contributed by atoms with E-state index in [4.69, 9.17) is 16.2 Å². The van der Waals surface area contributed by atoms with E-state index in [2.05, 4.69) is 12.2 Å². The summed E-state index contributed by atoms with van der Waals surface area (Å²) in [6, 6.07) is 5.06. The molecular weight excluding hydrogens is 230 g/mol. The third-order valence-electron chi connectivity index (χ3n) is 3.42. The van der Waals surface area contributed by atoms with Gasteiger partial charge < -0.3 is 21.5 Å². The average molecular weight is 249 g/mol. The van der Waals surface area contributed by atoms with Gasteiger partial charge >= 0.3 is 0 Å². The predicted molar refractivity (Wildman–Crippen MR) is 71.4 cm³/mol. The molecule has 5 heteroatoms. The number of rotatable bonds is 4. The molecule has 2 unspecified atom stereocenters. The van der Waals surface area contributed by atoms with Gasteiger partial charge in [0.05, 0.1) is 17.5 Å². The lowest BCUT2D eigenvalue weighted by Gasteiger charge is -2.16. The number of anilines is 2. The SMILES string of the molecule is CC1OCCC1CNc1ccc(C(N)=O)cc1N. The molecule has 1 aliphatic heterocycles. The van der Waals surface area contributed by atoms with Gasteiger partial charge in [0.2, 0.25) is 5.91 Å². The predicted octanol–water partition coefficient (Wildman–Crippen LogP) is 1.20. The van der Waals surface area contributed by atoms with Gasteiger partial charge in [-0.05, 0) is 31.5 Å². The molecule has 2 atom stereocenters. The molecule has 18 heavy (non-hydrogen) atoms. The molecule has 1 saturated heterocycles. The van der Waals surface area contributed by atoms with Gasteiger partial charge in [-0.1, -0.05) is 0 Å². The van der Waals surface area contributed by atoms with Crippen molar-refractivity contribution in [1.29, 1.82) is 0 Å². The Labute approximate surface area is 106 Å². The number of nitrogens with one attached hydrogen (secondary N) is 1. The van der Waals surface area contributed by atoms with Crippen molar-refractivity contribution in [2.45, 2.75) is 19.4 Å². The summed E-state index contributed by atoms with van der Waals surface area (Å²) >= 11 is 0. The highest BCUT2D eigenvalue weighted by Gasteiger charge is 2.23. The zero-order valence-electron chi connectivity index (χ0n) is 10.5. The van der Waals surface area contributed by atoms with Crippen molar-refractivity contribution in [2.24, 2.45) is 11.7 Å². The van der Waals surface area contributed by atoms with Crippen LogP contribution in [0.15, 0.2) is 18.2 Å². The molecule has 5 N–H and O–H groups in total. The van der Waals surface area contributed by atoms with E-state index in [-0.39, 0.29) is 6.10 Å². The number of carbonyl (C=O) groups is 1. The van der Waals surface area contributed by atoms with Crippen molar-refractivity contribution in [1.82, 2.24) is 0 Å². The fourth-order valence-corrected chi connectivity index (χ4v) is 2.16. The first kappa shape index (κ1) is 12.7. The molecule has 1 aromatic rings. The van der Waals surface area contributed by atoms with E-state index in [1.54, 1.807) is 18.2 Å². The highest BCUT2D eigenvalue weighted by atomic mass is 16.5. The smallest absolute Gasteiger partial charge is 0.248 e. The van der Waals surface area contributed by atoms with Crippen LogP contribution in [0.4, 0.5) is 11.4 Å². The van der Waals surface area contributed by atoms with E-state index in [1.165, 1.54) is 0 Å². The molecule has 5 nitrogen and oxygen atoms in total. The molecule has 0 radical (unpaired) electrons. The summed E-state index contributed by atoms with van der Waals surface area (Å²) in [6.45, 7) is 3.73. The first-order valence-corrected chi connectivity index (χ1v) is 6.12. The van der Waals surface area contributed by atoms with Crippen LogP contribution in [0.25, 0.3) is 0 Å². The molecule has 0 bridgehead atoms. The third-order valence-corrected chi connectivity index (χ3v) is 3.42. The van der Waals surface area contributed by atoms with Crippen LogP contribution in [0.2, 0.25) is 0 Å². The van der Waals surface area contributed by atoms with Gasteiger partial charge in [0.15, 0.2) is 0 Å². The summed E-state index contributed by atoms with van der Waals surface area (Å²) in [4.78, 5) is 11.0. The molecule has 1 amide bonds. The fourth-order valence-electron chi connectivity index (χ4n) is 2.16. The van der Waals surface area contributed by atoms with Crippen LogP contribution in [0.1, 0.15) is 23.7 Å². The maximum Gasteiger partial charge on any atom is 0.248 e. The maximum absolute atomic E-state index is 11.0. The number of nitrogen functional groups attached to an aromatic ring is 1. The van der Waals surface area contributed by atoms with Gasteiger partial charge in [-0.25, -0.2) is 0 Å². The molecule has 0 saturated carbocycles. The van der Waals surface area contributed by atoms with Gasteiger partial charge in [-0.3, -0.25) is 4.79 Å². The molecular formula is C13H19N3O2. The van der Waals surface area contributed by atoms with E-state index in [0.29, 0.717) is 17.2 Å². The van der Waals surface area contributed by atoms with Crippen LogP contribution < -0.4 is 16.8 Å². The average Bonchev–Trinajstić information content (AvgIpc) is 2.73. The first-order chi connectivity index (χ1) is 8.58. The summed E-state index contributed by atoms with van der Waals surface area (Å²) in [6.07, 6.45) is 1.34. The topological polar surface area (TPSA) is 90.4 Å². The Kier molecular flexibility index (Phi) is 3.72. The zero-order valence-corrected chi connectivity index (χ0v) is 10.5. The van der Waals surface area contributed by atoms with Crippen molar-refractivity contribution in [3.8, 4) is 0 Å². The Morgan fingerprint density at radius 3 is 2.89 bits per heavy atom. The summed E-state index contributed by atoms with van der Waals surface area (Å²) in [7, 11) is 0. The monoisotopic (exact) mass is 249 g/mol. The number of amides is 1. The molecule has 0 aliphatic carbocycles. The van der Waals surface area contributed by atoms with Crippen molar-refractivity contribution in [3.63, 3.8) is 0 Å². The lowest BCUT2D eigenvalue weighted by atomic mass is 10.0. The van der Waals surface area contributed by atoms with Gasteiger partial charge in [-0.15, -0.1) is 0 Å². The van der Waals surface area contributed by atoms with Gasteiger partial charge in [0.1, 0.15) is 0 Å². The Morgan fingerprint density at radius 1 is 1.56 bits per heavy atom. The van der Waals surface area contributed by atoms with Crippen molar-refractivity contribution < 1.29 is 9.53 Å². The van der Waals surface area contributed by atoms with Crippen LogP contribution in [-0.2, 0) is 4.74 Å². The number of primary amides is 1. The number of carbonyl (C=O) groups excluding carboxylic acids is 1.